The Bertz CT molecular complexity index is 847. The van der Waals surface area contributed by atoms with Crippen LogP contribution in [0.25, 0.3) is 11.3 Å². The van der Waals surface area contributed by atoms with Gasteiger partial charge < -0.3 is 9.47 Å². The summed E-state index contributed by atoms with van der Waals surface area (Å²) in [5.41, 5.74) is 3.94. The van der Waals surface area contributed by atoms with Gasteiger partial charge in [0.2, 0.25) is 4.80 Å². The summed E-state index contributed by atoms with van der Waals surface area (Å²) in [6, 6.07) is 5.77. The van der Waals surface area contributed by atoms with Gasteiger partial charge in [-0.1, -0.05) is 19.1 Å². The van der Waals surface area contributed by atoms with Crippen LogP contribution in [0.3, 0.4) is 0 Å². The molecule has 0 saturated carbocycles. The fourth-order valence-corrected chi connectivity index (χ4v) is 2.97. The first-order valence-electron chi connectivity index (χ1n) is 8.12. The molecule has 2 aromatic rings. The minimum atomic E-state index is 0.584. The molecule has 0 saturated heterocycles. The minimum Gasteiger partial charge on any atom is -0.497 e. The van der Waals surface area contributed by atoms with E-state index in [-0.39, 0.29) is 0 Å². The van der Waals surface area contributed by atoms with Crippen LogP contribution < -0.4 is 14.3 Å². The molecule has 0 radical (unpaired) electrons. The van der Waals surface area contributed by atoms with Gasteiger partial charge in [-0.05, 0) is 32.4 Å². The Kier molecular flexibility index (Phi) is 6.58. The van der Waals surface area contributed by atoms with E-state index in [1.165, 1.54) is 0 Å². The number of aromatic nitrogens is 1. The molecule has 5 nitrogen and oxygen atoms in total. The van der Waals surface area contributed by atoms with Crippen molar-refractivity contribution in [3.63, 3.8) is 0 Å². The Balaban J connectivity index is 2.66. The van der Waals surface area contributed by atoms with E-state index in [4.69, 9.17) is 14.6 Å². The highest BCUT2D eigenvalue weighted by atomic mass is 32.1. The minimum absolute atomic E-state index is 0.584. The van der Waals surface area contributed by atoms with Gasteiger partial charge >= 0.3 is 0 Å². The normalized spacial score (nSPS) is 12.4. The fourth-order valence-electron chi connectivity index (χ4n) is 2.14. The van der Waals surface area contributed by atoms with Crippen LogP contribution in [0.15, 0.2) is 45.8 Å². The topological polar surface area (TPSA) is 48.1 Å². The van der Waals surface area contributed by atoms with Crippen LogP contribution in [0, 0.1) is 0 Å². The molecule has 0 atom stereocenters. The molecule has 2 rings (SSSR count). The number of thiazole rings is 1. The number of nitrogens with zero attached hydrogens (tertiary/aromatic N) is 3. The molecule has 25 heavy (non-hydrogen) atoms. The van der Waals surface area contributed by atoms with Crippen molar-refractivity contribution in [1.82, 2.24) is 4.68 Å². The van der Waals surface area contributed by atoms with Crippen molar-refractivity contribution >= 4 is 17.0 Å². The van der Waals surface area contributed by atoms with Crippen molar-refractivity contribution in [2.24, 2.45) is 10.1 Å². The number of ether oxygens (including phenoxy) is 2. The lowest BCUT2D eigenvalue weighted by molar-refractivity contribution is 0.395. The quantitative estimate of drug-likeness (QED) is 0.545. The second-order valence-electron chi connectivity index (χ2n) is 5.74. The van der Waals surface area contributed by atoms with Crippen molar-refractivity contribution in [2.45, 2.75) is 27.2 Å². The zero-order valence-electron chi connectivity index (χ0n) is 15.5. The third-order valence-electron chi connectivity index (χ3n) is 3.64. The SMILES string of the molecule is C=C(C)CN=c1scc(-c2ccc(OC)cc2OC)n1N=C(C)CC. The second-order valence-corrected chi connectivity index (χ2v) is 6.58. The van der Waals surface area contributed by atoms with Crippen LogP contribution >= 0.6 is 11.3 Å². The van der Waals surface area contributed by atoms with Crippen LogP contribution in [0.1, 0.15) is 27.2 Å². The molecule has 6 heteroatoms. The van der Waals surface area contributed by atoms with Crippen LogP contribution in [-0.2, 0) is 0 Å². The molecule has 0 bridgehead atoms. The van der Waals surface area contributed by atoms with Gasteiger partial charge in [0, 0.05) is 22.7 Å². The summed E-state index contributed by atoms with van der Waals surface area (Å²) >= 11 is 1.56. The maximum atomic E-state index is 5.55. The van der Waals surface area contributed by atoms with E-state index in [2.05, 4.69) is 18.5 Å². The predicted octanol–water partition coefficient (Wildman–Crippen LogP) is 4.34. The summed E-state index contributed by atoms with van der Waals surface area (Å²) in [6.07, 6.45) is 0.877. The highest BCUT2D eigenvalue weighted by molar-refractivity contribution is 7.07. The zero-order valence-corrected chi connectivity index (χ0v) is 16.3. The molecular weight excluding hydrogens is 334 g/mol. The standard InChI is InChI=1S/C19H25N3O2S/c1-7-14(4)21-22-17(12-25-19(22)20-11-13(2)3)16-9-8-15(23-5)10-18(16)24-6/h8-10,12H,2,7,11H2,1,3-6H3. The highest BCUT2D eigenvalue weighted by Gasteiger charge is 2.14. The van der Waals surface area contributed by atoms with Gasteiger partial charge in [-0.3, -0.25) is 4.99 Å². The summed E-state index contributed by atoms with van der Waals surface area (Å²) in [5, 5.41) is 6.79. The average molecular weight is 359 g/mol. The lowest BCUT2D eigenvalue weighted by Crippen LogP contribution is -2.14. The molecule has 134 valence electrons. The maximum absolute atomic E-state index is 5.55. The third kappa shape index (κ3) is 4.60. The molecule has 1 heterocycles. The lowest BCUT2D eigenvalue weighted by atomic mass is 10.1. The molecule has 0 aliphatic rings. The van der Waals surface area contributed by atoms with Crippen molar-refractivity contribution in [2.75, 3.05) is 20.8 Å². The first-order chi connectivity index (χ1) is 12.0. The number of methoxy groups -OCH3 is 2. The molecule has 0 spiro atoms. The van der Waals surface area contributed by atoms with Crippen LogP contribution in [0.5, 0.6) is 11.5 Å². The van der Waals surface area contributed by atoms with E-state index in [0.29, 0.717) is 6.54 Å². The van der Waals surface area contributed by atoms with E-state index in [9.17, 15) is 0 Å². The summed E-state index contributed by atoms with van der Waals surface area (Å²) in [7, 11) is 3.30. The maximum Gasteiger partial charge on any atom is 0.206 e. The van der Waals surface area contributed by atoms with Gasteiger partial charge in [0.25, 0.3) is 0 Å². The van der Waals surface area contributed by atoms with Gasteiger partial charge in [0.1, 0.15) is 11.5 Å². The van der Waals surface area contributed by atoms with E-state index < -0.39 is 0 Å². The number of hydrogen-bond acceptors (Lipinski definition) is 5. The first kappa shape index (κ1) is 19.0. The monoisotopic (exact) mass is 359 g/mol. The number of rotatable bonds is 7. The van der Waals surface area contributed by atoms with E-state index in [0.717, 1.165) is 45.3 Å². The van der Waals surface area contributed by atoms with Gasteiger partial charge in [-0.25, -0.2) is 4.68 Å². The Morgan fingerprint density at radius 3 is 2.60 bits per heavy atom. The van der Waals surface area contributed by atoms with E-state index >= 15 is 0 Å². The molecule has 0 aliphatic heterocycles. The Morgan fingerprint density at radius 1 is 1.24 bits per heavy atom. The van der Waals surface area contributed by atoms with E-state index in [1.807, 2.05) is 42.1 Å². The largest absolute Gasteiger partial charge is 0.497 e. The zero-order chi connectivity index (χ0) is 18.4. The molecule has 1 aromatic heterocycles. The predicted molar refractivity (Wildman–Crippen MR) is 105 cm³/mol. The Labute approximate surface area is 153 Å². The van der Waals surface area contributed by atoms with Crippen LogP contribution in [0.2, 0.25) is 0 Å². The van der Waals surface area contributed by atoms with Gasteiger partial charge in [0.15, 0.2) is 0 Å². The van der Waals surface area contributed by atoms with E-state index in [1.54, 1.807) is 25.6 Å². The first-order valence-corrected chi connectivity index (χ1v) is 9.00. The summed E-state index contributed by atoms with van der Waals surface area (Å²) in [4.78, 5) is 5.47. The van der Waals surface area contributed by atoms with Crippen molar-refractivity contribution in [1.29, 1.82) is 0 Å². The third-order valence-corrected chi connectivity index (χ3v) is 4.49. The lowest BCUT2D eigenvalue weighted by Gasteiger charge is -2.11. The second kappa shape index (κ2) is 8.67. The smallest absolute Gasteiger partial charge is 0.206 e. The molecule has 1 aromatic carbocycles. The van der Waals surface area contributed by atoms with Crippen molar-refractivity contribution < 1.29 is 9.47 Å². The molecule has 0 N–H and O–H groups in total. The highest BCUT2D eigenvalue weighted by Crippen LogP contribution is 2.33. The summed E-state index contributed by atoms with van der Waals surface area (Å²) in [6.45, 7) is 10.6. The molecule has 0 unspecified atom stereocenters. The Morgan fingerprint density at radius 2 is 2.00 bits per heavy atom. The van der Waals surface area contributed by atoms with Crippen molar-refractivity contribution in [3.8, 4) is 22.8 Å². The number of hydrogen-bond donors (Lipinski definition) is 0. The molecular formula is C19H25N3O2S. The molecule has 0 amide bonds. The molecule has 0 fully saturated rings. The van der Waals surface area contributed by atoms with Crippen LogP contribution in [-0.4, -0.2) is 31.2 Å². The van der Waals surface area contributed by atoms with Gasteiger partial charge in [-0.15, -0.1) is 11.3 Å². The summed E-state index contributed by atoms with van der Waals surface area (Å²) in [5.74, 6) is 1.49. The summed E-state index contributed by atoms with van der Waals surface area (Å²) < 4.78 is 12.7. The average Bonchev–Trinajstić information content (AvgIpc) is 3.01. The van der Waals surface area contributed by atoms with Crippen LogP contribution in [0.4, 0.5) is 0 Å². The van der Waals surface area contributed by atoms with Gasteiger partial charge in [0.05, 0.1) is 26.5 Å². The van der Waals surface area contributed by atoms with Gasteiger partial charge in [-0.2, -0.15) is 5.10 Å². The number of benzene rings is 1. The molecule has 0 aliphatic carbocycles. The fraction of sp³-hybridized carbons (Fsp3) is 0.368. The Hall–Kier alpha value is -2.34. The van der Waals surface area contributed by atoms with Crippen molar-refractivity contribution in [3.05, 3.63) is 40.5 Å².